The fourth-order valence-corrected chi connectivity index (χ4v) is 1.02. The first-order valence-electron chi connectivity index (χ1n) is 5.34. The fourth-order valence-electron chi connectivity index (χ4n) is 1.02. The van der Waals surface area contributed by atoms with E-state index in [0.717, 1.165) is 12.8 Å². The Balaban J connectivity index is 0. The molecule has 0 saturated heterocycles. The van der Waals surface area contributed by atoms with Gasteiger partial charge in [-0.3, -0.25) is 12.2 Å². The summed E-state index contributed by atoms with van der Waals surface area (Å²) < 4.78 is 0. The summed E-state index contributed by atoms with van der Waals surface area (Å²) in [5.74, 6) is 0. The van der Waals surface area contributed by atoms with E-state index in [4.69, 9.17) is 0 Å². The molecule has 0 radical (unpaired) electrons. The molecule has 0 bridgehead atoms. The van der Waals surface area contributed by atoms with Crippen LogP contribution in [0.2, 0.25) is 0 Å². The molecule has 0 atom stereocenters. The summed E-state index contributed by atoms with van der Waals surface area (Å²) in [6.45, 7) is 0. The van der Waals surface area contributed by atoms with Gasteiger partial charge in [-0.25, -0.2) is 24.3 Å². The number of allylic oxidation sites excluding steroid dienone is 8. The van der Waals surface area contributed by atoms with E-state index in [1.807, 2.05) is 54.6 Å². The Morgan fingerprint density at radius 3 is 1.41 bits per heavy atom. The van der Waals surface area contributed by atoms with Crippen molar-refractivity contribution >= 4 is 0 Å². The van der Waals surface area contributed by atoms with Crippen molar-refractivity contribution in [1.82, 2.24) is 0 Å². The van der Waals surface area contributed by atoms with E-state index < -0.39 is 0 Å². The molecule has 0 spiro atoms. The summed E-state index contributed by atoms with van der Waals surface area (Å²) in [7, 11) is 0. The SMILES string of the molecule is [C-]1=CC=CC1.[C-]1=CC=CC1.[H-].[Ti+4].[c-]1ccccc1. The van der Waals surface area contributed by atoms with E-state index in [-0.39, 0.29) is 23.1 Å². The van der Waals surface area contributed by atoms with Gasteiger partial charge < -0.3 is 1.43 Å². The van der Waals surface area contributed by atoms with Crippen molar-refractivity contribution in [3.63, 3.8) is 0 Å². The zero-order valence-corrected chi connectivity index (χ0v) is 11.3. The van der Waals surface area contributed by atoms with Gasteiger partial charge in [-0.05, 0) is 0 Å². The van der Waals surface area contributed by atoms with Crippen LogP contribution < -0.4 is 0 Å². The van der Waals surface area contributed by atoms with Crippen molar-refractivity contribution in [2.24, 2.45) is 0 Å². The van der Waals surface area contributed by atoms with E-state index in [2.05, 4.69) is 30.4 Å². The molecule has 1 aromatic rings. The van der Waals surface area contributed by atoms with Crippen LogP contribution >= 0.6 is 0 Å². The van der Waals surface area contributed by atoms with Crippen molar-refractivity contribution in [3.8, 4) is 0 Å². The van der Waals surface area contributed by atoms with Gasteiger partial charge in [-0.1, -0.05) is 0 Å². The molecule has 1 heteroatoms. The Bertz CT molecular complexity index is 295. The first-order chi connectivity index (χ1) is 8.00. The number of rotatable bonds is 0. The Hall–Kier alpha value is -1.11. The molecule has 1 aromatic carbocycles. The quantitative estimate of drug-likeness (QED) is 0.482. The standard InChI is InChI=1S/C6H5.2C5H5.Ti.H/c1-2-4-6-5-3-1;2*1-2-4-5-3-1;;/h1-5H;2*1-3H,4H2;;/q3*-1;+4;-1. The van der Waals surface area contributed by atoms with Crippen LogP contribution in [0, 0.1) is 18.2 Å². The van der Waals surface area contributed by atoms with E-state index in [1.54, 1.807) is 0 Å². The first-order valence-corrected chi connectivity index (χ1v) is 5.34. The average molecular weight is 256 g/mol. The maximum atomic E-state index is 2.99. The van der Waals surface area contributed by atoms with E-state index in [0.29, 0.717) is 0 Å². The minimum absolute atomic E-state index is 0. The molecule has 2 aliphatic carbocycles. The maximum absolute atomic E-state index is 2.99. The number of benzene rings is 1. The third-order valence-electron chi connectivity index (χ3n) is 1.78. The summed E-state index contributed by atoms with van der Waals surface area (Å²) in [4.78, 5) is 0. The Morgan fingerprint density at radius 1 is 0.765 bits per heavy atom. The molecule has 0 nitrogen and oxygen atoms in total. The largest absolute Gasteiger partial charge is 4.00 e. The van der Waals surface area contributed by atoms with E-state index >= 15 is 0 Å². The molecule has 0 aromatic heterocycles. The van der Waals surface area contributed by atoms with Crippen molar-refractivity contribution in [1.29, 1.82) is 0 Å². The average Bonchev–Trinajstić information content (AvgIpc) is 3.10. The zero-order chi connectivity index (χ0) is 11.3. The molecule has 0 amide bonds. The van der Waals surface area contributed by atoms with Gasteiger partial charge in [-0.2, -0.15) is 48.6 Å². The molecular weight excluding hydrogens is 240 g/mol. The van der Waals surface area contributed by atoms with Crippen molar-refractivity contribution < 1.29 is 23.1 Å². The van der Waals surface area contributed by atoms with Crippen LogP contribution in [0.5, 0.6) is 0 Å². The van der Waals surface area contributed by atoms with Gasteiger partial charge in [0.15, 0.2) is 0 Å². The summed E-state index contributed by atoms with van der Waals surface area (Å²) in [6.07, 6.45) is 20.0. The third kappa shape index (κ3) is 11.2. The van der Waals surface area contributed by atoms with Gasteiger partial charge in [-0.15, -0.1) is 12.8 Å². The Labute approximate surface area is 121 Å². The molecule has 0 unspecified atom stereocenters. The fraction of sp³-hybridized carbons (Fsp3) is 0.125. The van der Waals surface area contributed by atoms with E-state index in [9.17, 15) is 0 Å². The van der Waals surface area contributed by atoms with Gasteiger partial charge in [0.2, 0.25) is 0 Å². The predicted octanol–water partition coefficient (Wildman–Crippen LogP) is 4.21. The van der Waals surface area contributed by atoms with Gasteiger partial charge in [0.05, 0.1) is 0 Å². The summed E-state index contributed by atoms with van der Waals surface area (Å²) in [6, 6.07) is 12.5. The van der Waals surface area contributed by atoms with Crippen LogP contribution in [-0.4, -0.2) is 0 Å². The van der Waals surface area contributed by atoms with Gasteiger partial charge in [0, 0.05) is 0 Å². The van der Waals surface area contributed by atoms with Gasteiger partial charge >= 0.3 is 21.7 Å². The second-order valence-corrected chi connectivity index (χ2v) is 3.08. The molecule has 0 saturated carbocycles. The van der Waals surface area contributed by atoms with Crippen LogP contribution in [-0.2, 0) is 21.7 Å². The zero-order valence-electron chi connectivity index (χ0n) is 10.8. The second kappa shape index (κ2) is 13.0. The normalized spacial score (nSPS) is 13.2. The molecule has 0 heterocycles. The Kier molecular flexibility index (Phi) is 12.1. The summed E-state index contributed by atoms with van der Waals surface area (Å²) in [5, 5.41) is 0. The number of hydrogen-bond acceptors (Lipinski definition) is 0. The number of hydrogen-bond donors (Lipinski definition) is 0. The Morgan fingerprint density at radius 2 is 1.29 bits per heavy atom. The topological polar surface area (TPSA) is 0 Å². The molecule has 2 aliphatic rings. The monoisotopic (exact) mass is 256 g/mol. The van der Waals surface area contributed by atoms with Crippen LogP contribution in [0.4, 0.5) is 0 Å². The molecule has 3 rings (SSSR count). The van der Waals surface area contributed by atoms with Crippen molar-refractivity contribution in [2.75, 3.05) is 0 Å². The van der Waals surface area contributed by atoms with Crippen LogP contribution in [0.25, 0.3) is 0 Å². The van der Waals surface area contributed by atoms with Crippen LogP contribution in [0.15, 0.2) is 66.8 Å². The molecule has 0 N–H and O–H groups in total. The smallest absolute Gasteiger partial charge is 1.00 e. The van der Waals surface area contributed by atoms with Crippen molar-refractivity contribution in [2.45, 2.75) is 12.8 Å². The van der Waals surface area contributed by atoms with Crippen molar-refractivity contribution in [3.05, 3.63) is 85.0 Å². The maximum Gasteiger partial charge on any atom is 4.00 e. The third-order valence-corrected chi connectivity index (χ3v) is 1.78. The summed E-state index contributed by atoms with van der Waals surface area (Å²) in [5.41, 5.74) is 0. The molecule has 84 valence electrons. The first kappa shape index (κ1) is 15.9. The molecule has 0 fully saturated rings. The van der Waals surface area contributed by atoms with Gasteiger partial charge in [0.25, 0.3) is 0 Å². The minimum atomic E-state index is 0. The summed E-state index contributed by atoms with van der Waals surface area (Å²) >= 11 is 0. The predicted molar refractivity (Wildman–Crippen MR) is 69.5 cm³/mol. The second-order valence-electron chi connectivity index (χ2n) is 3.08. The molecular formula is C16H16Ti. The minimum Gasteiger partial charge on any atom is -1.00 e. The van der Waals surface area contributed by atoms with Gasteiger partial charge in [0.1, 0.15) is 0 Å². The van der Waals surface area contributed by atoms with Crippen LogP contribution in [0.3, 0.4) is 0 Å². The van der Waals surface area contributed by atoms with Crippen LogP contribution in [0.1, 0.15) is 14.3 Å². The molecule has 0 aliphatic heterocycles. The van der Waals surface area contributed by atoms with E-state index in [1.165, 1.54) is 0 Å². The molecule has 17 heavy (non-hydrogen) atoms.